The van der Waals surface area contributed by atoms with Crippen molar-refractivity contribution in [1.82, 2.24) is 5.32 Å². The number of hydrogen-bond acceptors (Lipinski definition) is 5. The molecule has 1 fully saturated rings. The van der Waals surface area contributed by atoms with E-state index in [2.05, 4.69) is 10.6 Å². The minimum Gasteiger partial charge on any atom is -0.493 e. The average Bonchev–Trinajstić information content (AvgIpc) is 2.94. The molecule has 36 heavy (non-hydrogen) atoms. The first-order valence-corrected chi connectivity index (χ1v) is 12.1. The van der Waals surface area contributed by atoms with Crippen LogP contribution in [0.4, 0.5) is 5.69 Å². The Morgan fingerprint density at radius 2 is 1.58 bits per heavy atom. The molecule has 188 valence electrons. The molecule has 0 spiro atoms. The van der Waals surface area contributed by atoms with Crippen LogP contribution in [-0.4, -0.2) is 45.8 Å². The fraction of sp³-hybridized carbons (Fsp3) is 0.310. The molecule has 7 heteroatoms. The first kappa shape index (κ1) is 25.3. The highest BCUT2D eigenvalue weighted by molar-refractivity contribution is 6.06. The number of rotatable bonds is 9. The number of hydrogen-bond donors (Lipinski definition) is 2. The number of anilines is 1. The summed E-state index contributed by atoms with van der Waals surface area (Å²) in [5.41, 5.74) is 2.19. The average molecular weight is 489 g/mol. The van der Waals surface area contributed by atoms with Gasteiger partial charge in [-0.3, -0.25) is 9.59 Å². The van der Waals surface area contributed by atoms with Crippen LogP contribution in [0.5, 0.6) is 11.5 Å². The largest absolute Gasteiger partial charge is 0.493 e. The molecule has 1 aliphatic heterocycles. The predicted molar refractivity (Wildman–Crippen MR) is 139 cm³/mol. The number of nitrogens with one attached hydrogen (secondary N) is 2. The van der Waals surface area contributed by atoms with Gasteiger partial charge in [-0.15, -0.1) is 0 Å². The van der Waals surface area contributed by atoms with E-state index in [-0.39, 0.29) is 11.8 Å². The standard InChI is InChI=1S/C29H32N2O5/c1-34-25-13-12-21(20-26(25)35-2)14-17-30-27(32)23-10-6-7-11-24(23)31-28(33)29(15-18-36-19-16-29)22-8-4-3-5-9-22/h3-13,20H,14-19H2,1-2H3,(H,30,32)(H,31,33). The van der Waals surface area contributed by atoms with Crippen LogP contribution in [0, 0.1) is 0 Å². The molecule has 2 amide bonds. The quantitative estimate of drug-likeness (QED) is 0.467. The Bertz CT molecular complexity index is 1190. The number of ether oxygens (including phenoxy) is 3. The first-order chi connectivity index (χ1) is 17.6. The summed E-state index contributed by atoms with van der Waals surface area (Å²) in [6, 6.07) is 22.6. The van der Waals surface area contributed by atoms with Crippen LogP contribution in [0.3, 0.4) is 0 Å². The van der Waals surface area contributed by atoms with Crippen LogP contribution in [0.2, 0.25) is 0 Å². The lowest BCUT2D eigenvalue weighted by atomic mass is 9.73. The molecule has 0 unspecified atom stereocenters. The monoisotopic (exact) mass is 488 g/mol. The molecule has 0 bridgehead atoms. The van der Waals surface area contributed by atoms with Crippen molar-refractivity contribution in [3.8, 4) is 11.5 Å². The molecule has 1 heterocycles. The van der Waals surface area contributed by atoms with Gasteiger partial charge in [-0.05, 0) is 54.7 Å². The van der Waals surface area contributed by atoms with Crippen molar-refractivity contribution in [3.63, 3.8) is 0 Å². The lowest BCUT2D eigenvalue weighted by Crippen LogP contribution is -2.45. The van der Waals surface area contributed by atoms with E-state index in [1.165, 1.54) is 0 Å². The maximum absolute atomic E-state index is 13.7. The van der Waals surface area contributed by atoms with E-state index in [9.17, 15) is 9.59 Å². The summed E-state index contributed by atoms with van der Waals surface area (Å²) >= 11 is 0. The number of amides is 2. The second-order valence-electron chi connectivity index (χ2n) is 8.76. The van der Waals surface area contributed by atoms with Crippen LogP contribution in [0.1, 0.15) is 34.3 Å². The topological polar surface area (TPSA) is 85.9 Å². The van der Waals surface area contributed by atoms with Gasteiger partial charge in [0, 0.05) is 19.8 Å². The van der Waals surface area contributed by atoms with Gasteiger partial charge in [0.25, 0.3) is 5.91 Å². The van der Waals surface area contributed by atoms with E-state index in [4.69, 9.17) is 14.2 Å². The maximum Gasteiger partial charge on any atom is 0.253 e. The number of carbonyl (C=O) groups is 2. The van der Waals surface area contributed by atoms with Gasteiger partial charge >= 0.3 is 0 Å². The summed E-state index contributed by atoms with van der Waals surface area (Å²) < 4.78 is 16.2. The second kappa shape index (κ2) is 11.7. The van der Waals surface area contributed by atoms with Gasteiger partial charge in [0.2, 0.25) is 5.91 Å². The molecule has 4 rings (SSSR count). The summed E-state index contributed by atoms with van der Waals surface area (Å²) in [5.74, 6) is 0.942. The molecule has 7 nitrogen and oxygen atoms in total. The zero-order valence-corrected chi connectivity index (χ0v) is 20.7. The third kappa shape index (κ3) is 5.52. The Morgan fingerprint density at radius 3 is 2.31 bits per heavy atom. The van der Waals surface area contributed by atoms with Crippen LogP contribution in [0.25, 0.3) is 0 Å². The SMILES string of the molecule is COc1ccc(CCNC(=O)c2ccccc2NC(=O)C2(c3ccccc3)CCOCC2)cc1OC. The maximum atomic E-state index is 13.7. The van der Waals surface area contributed by atoms with Gasteiger partial charge < -0.3 is 24.8 Å². The van der Waals surface area contributed by atoms with Gasteiger partial charge in [-0.2, -0.15) is 0 Å². The Balaban J connectivity index is 1.45. The zero-order chi connectivity index (χ0) is 25.4. The van der Waals surface area contributed by atoms with Crippen molar-refractivity contribution in [2.24, 2.45) is 0 Å². The normalized spacial score (nSPS) is 14.5. The minimum atomic E-state index is -0.698. The fourth-order valence-corrected chi connectivity index (χ4v) is 4.61. The van der Waals surface area contributed by atoms with Crippen LogP contribution in [-0.2, 0) is 21.4 Å². The van der Waals surface area contributed by atoms with Crippen LogP contribution >= 0.6 is 0 Å². The van der Waals surface area contributed by atoms with Crippen LogP contribution in [0.15, 0.2) is 72.8 Å². The highest BCUT2D eigenvalue weighted by Crippen LogP contribution is 2.36. The summed E-state index contributed by atoms with van der Waals surface area (Å²) in [6.07, 6.45) is 1.79. The molecule has 0 atom stereocenters. The van der Waals surface area contributed by atoms with E-state index < -0.39 is 5.41 Å². The Hall–Kier alpha value is -3.84. The van der Waals surface area contributed by atoms with Crippen molar-refractivity contribution >= 4 is 17.5 Å². The lowest BCUT2D eigenvalue weighted by molar-refractivity contribution is -0.125. The Kier molecular flexibility index (Phi) is 8.23. The summed E-state index contributed by atoms with van der Waals surface area (Å²) in [7, 11) is 3.19. The van der Waals surface area contributed by atoms with Gasteiger partial charge in [-0.1, -0.05) is 48.5 Å². The third-order valence-electron chi connectivity index (χ3n) is 6.67. The Morgan fingerprint density at radius 1 is 0.889 bits per heavy atom. The van der Waals surface area contributed by atoms with E-state index in [1.807, 2.05) is 54.6 Å². The second-order valence-corrected chi connectivity index (χ2v) is 8.76. The van der Waals surface area contributed by atoms with E-state index in [0.717, 1.165) is 11.1 Å². The van der Waals surface area contributed by atoms with Crippen molar-refractivity contribution in [1.29, 1.82) is 0 Å². The molecule has 0 saturated carbocycles. The number of carbonyl (C=O) groups excluding carboxylic acids is 2. The first-order valence-electron chi connectivity index (χ1n) is 12.1. The van der Waals surface area contributed by atoms with E-state index in [1.54, 1.807) is 32.4 Å². The van der Waals surface area contributed by atoms with Gasteiger partial charge in [0.05, 0.1) is 30.9 Å². The van der Waals surface area contributed by atoms with Gasteiger partial charge in [-0.25, -0.2) is 0 Å². The molecule has 3 aromatic carbocycles. The van der Waals surface area contributed by atoms with Crippen molar-refractivity contribution in [2.45, 2.75) is 24.7 Å². The molecular formula is C29H32N2O5. The summed E-state index contributed by atoms with van der Waals surface area (Å²) in [5, 5.41) is 6.02. The zero-order valence-electron chi connectivity index (χ0n) is 20.7. The molecule has 2 N–H and O–H groups in total. The van der Waals surface area contributed by atoms with Crippen molar-refractivity contribution < 1.29 is 23.8 Å². The number of para-hydroxylation sites is 1. The van der Waals surface area contributed by atoms with E-state index >= 15 is 0 Å². The van der Waals surface area contributed by atoms with Crippen molar-refractivity contribution in [3.05, 3.63) is 89.5 Å². The molecule has 1 aliphatic rings. The summed E-state index contributed by atoms with van der Waals surface area (Å²) in [6.45, 7) is 1.46. The van der Waals surface area contributed by atoms with E-state index in [0.29, 0.717) is 61.8 Å². The van der Waals surface area contributed by atoms with Crippen molar-refractivity contribution in [2.75, 3.05) is 39.3 Å². The summed E-state index contributed by atoms with van der Waals surface area (Å²) in [4.78, 5) is 26.7. The Labute approximate surface area is 211 Å². The highest BCUT2D eigenvalue weighted by atomic mass is 16.5. The minimum absolute atomic E-state index is 0.123. The predicted octanol–water partition coefficient (Wildman–Crippen LogP) is 4.36. The molecule has 1 saturated heterocycles. The lowest BCUT2D eigenvalue weighted by Gasteiger charge is -2.36. The highest BCUT2D eigenvalue weighted by Gasteiger charge is 2.41. The smallest absolute Gasteiger partial charge is 0.253 e. The molecule has 0 aliphatic carbocycles. The molecule has 3 aromatic rings. The van der Waals surface area contributed by atoms with Gasteiger partial charge in [0.15, 0.2) is 11.5 Å². The van der Waals surface area contributed by atoms with Gasteiger partial charge in [0.1, 0.15) is 0 Å². The fourth-order valence-electron chi connectivity index (χ4n) is 4.61. The molecule has 0 aromatic heterocycles. The third-order valence-corrected chi connectivity index (χ3v) is 6.67. The molecular weight excluding hydrogens is 456 g/mol. The van der Waals surface area contributed by atoms with Crippen LogP contribution < -0.4 is 20.1 Å². The number of methoxy groups -OCH3 is 2. The number of benzene rings is 3. The molecule has 0 radical (unpaired) electrons.